The number of nitrogens with one attached hydrogen (secondary N) is 1. The number of hydrogen-bond donors (Lipinski definition) is 2. The van der Waals surface area contributed by atoms with E-state index in [9.17, 15) is 14.7 Å². The van der Waals surface area contributed by atoms with Crippen molar-refractivity contribution in [3.63, 3.8) is 0 Å². The van der Waals surface area contributed by atoms with Gasteiger partial charge in [-0.25, -0.2) is 0 Å². The lowest BCUT2D eigenvalue weighted by Crippen LogP contribution is -2.62. The highest BCUT2D eigenvalue weighted by Gasteiger charge is 2.40. The molecule has 2 fully saturated rings. The van der Waals surface area contributed by atoms with Crippen molar-refractivity contribution in [2.45, 2.75) is 70.7 Å². The molecule has 0 spiro atoms. The zero-order valence-electron chi connectivity index (χ0n) is 18.9. The Balaban J connectivity index is 1.59. The van der Waals surface area contributed by atoms with Crippen molar-refractivity contribution < 1.29 is 19.4 Å². The number of carbonyl (C=O) groups excluding carboxylic acids is 2. The van der Waals surface area contributed by atoms with Gasteiger partial charge < -0.3 is 20.1 Å². The van der Waals surface area contributed by atoms with E-state index in [4.69, 9.17) is 16.3 Å². The van der Waals surface area contributed by atoms with E-state index in [-0.39, 0.29) is 23.9 Å². The van der Waals surface area contributed by atoms with E-state index in [0.29, 0.717) is 23.9 Å². The number of ether oxygens (including phenoxy) is 1. The number of aryl methyl sites for hydroxylation is 1. The van der Waals surface area contributed by atoms with Gasteiger partial charge in [0.25, 0.3) is 5.91 Å². The predicted molar refractivity (Wildman–Crippen MR) is 120 cm³/mol. The van der Waals surface area contributed by atoms with Gasteiger partial charge in [-0.05, 0) is 63.8 Å². The molecule has 8 heteroatoms. The molecule has 1 saturated carbocycles. The van der Waals surface area contributed by atoms with Crippen LogP contribution in [0.1, 0.15) is 45.6 Å². The topological polar surface area (TPSA) is 82.1 Å². The van der Waals surface area contributed by atoms with Crippen molar-refractivity contribution in [2.24, 2.45) is 0 Å². The smallest absolute Gasteiger partial charge is 0.263 e. The number of piperazine rings is 1. The minimum atomic E-state index is -1.10. The minimum absolute atomic E-state index is 0.0175. The fraction of sp³-hybridized carbons (Fsp3) is 0.652. The van der Waals surface area contributed by atoms with E-state index in [2.05, 4.69) is 10.2 Å². The third-order valence-electron chi connectivity index (χ3n) is 6.42. The first kappa shape index (κ1) is 23.8. The third-order valence-corrected chi connectivity index (χ3v) is 6.84. The van der Waals surface area contributed by atoms with Crippen LogP contribution in [0.4, 0.5) is 0 Å². The van der Waals surface area contributed by atoms with Crippen LogP contribution in [0.15, 0.2) is 18.2 Å². The molecule has 3 rings (SSSR count). The molecule has 1 aromatic rings. The number of hydrogen-bond acceptors (Lipinski definition) is 5. The average Bonchev–Trinajstić information content (AvgIpc) is 2.72. The van der Waals surface area contributed by atoms with E-state index in [1.807, 2.05) is 17.9 Å². The highest BCUT2D eigenvalue weighted by molar-refractivity contribution is 6.31. The van der Waals surface area contributed by atoms with E-state index in [0.717, 1.165) is 37.9 Å². The Kier molecular flexibility index (Phi) is 7.50. The Morgan fingerprint density at radius 3 is 2.48 bits per heavy atom. The molecule has 0 unspecified atom stereocenters. The van der Waals surface area contributed by atoms with Gasteiger partial charge in [-0.3, -0.25) is 14.5 Å². The molecule has 0 bridgehead atoms. The van der Waals surface area contributed by atoms with Crippen LogP contribution in [0.3, 0.4) is 0 Å². The molecule has 1 aliphatic heterocycles. The Hall–Kier alpha value is -1.83. The van der Waals surface area contributed by atoms with Gasteiger partial charge in [-0.2, -0.15) is 0 Å². The number of benzene rings is 1. The number of halogens is 1. The van der Waals surface area contributed by atoms with Gasteiger partial charge in [0, 0.05) is 44.2 Å². The number of aliphatic hydroxyl groups is 1. The molecule has 1 aromatic carbocycles. The molecule has 3 atom stereocenters. The summed E-state index contributed by atoms with van der Waals surface area (Å²) in [7, 11) is 0. The van der Waals surface area contributed by atoms with Crippen LogP contribution in [0.25, 0.3) is 0 Å². The molecular formula is C23H34ClN3O4. The van der Waals surface area contributed by atoms with Gasteiger partial charge in [-0.15, -0.1) is 0 Å². The predicted octanol–water partition coefficient (Wildman–Crippen LogP) is 2.37. The first-order chi connectivity index (χ1) is 14.6. The maximum Gasteiger partial charge on any atom is 0.263 e. The maximum absolute atomic E-state index is 13.0. The number of nitrogens with zero attached hydrogens (tertiary/aromatic N) is 2. The summed E-state index contributed by atoms with van der Waals surface area (Å²) < 4.78 is 5.95. The zero-order chi connectivity index (χ0) is 22.8. The van der Waals surface area contributed by atoms with Crippen molar-refractivity contribution >= 4 is 23.4 Å². The molecule has 2 N–H and O–H groups in total. The van der Waals surface area contributed by atoms with Crippen molar-refractivity contribution in [1.29, 1.82) is 0 Å². The lowest BCUT2D eigenvalue weighted by atomic mass is 9.86. The summed E-state index contributed by atoms with van der Waals surface area (Å²) in [5.74, 6) is 0.408. The van der Waals surface area contributed by atoms with Gasteiger partial charge in [0.2, 0.25) is 5.91 Å². The molecule has 172 valence electrons. The maximum atomic E-state index is 13.0. The first-order valence-electron chi connectivity index (χ1n) is 11.0. The van der Waals surface area contributed by atoms with E-state index < -0.39 is 11.7 Å². The standard InChI is InChI=1S/C23H34ClN3O4/c1-15-14-17(8-9-18(15)24)31-23(3,4)22(30)25-19-6-5-7-20(21(19)29)27-12-10-26(11-13-27)16(2)28/h8-9,14,19-21,29H,5-7,10-13H2,1-4H3,(H,25,30)/t19-,20-,21-/m1/s1. The van der Waals surface area contributed by atoms with Crippen LogP contribution in [-0.4, -0.2) is 76.7 Å². The monoisotopic (exact) mass is 451 g/mol. The zero-order valence-corrected chi connectivity index (χ0v) is 19.6. The Morgan fingerprint density at radius 1 is 1.19 bits per heavy atom. The van der Waals surface area contributed by atoms with E-state index in [1.54, 1.807) is 32.9 Å². The molecule has 0 aromatic heterocycles. The summed E-state index contributed by atoms with van der Waals surface area (Å²) in [5.41, 5.74) is -0.217. The van der Waals surface area contributed by atoms with Gasteiger partial charge in [0.1, 0.15) is 5.75 Å². The highest BCUT2D eigenvalue weighted by Crippen LogP contribution is 2.27. The van der Waals surface area contributed by atoms with Crippen LogP contribution in [0, 0.1) is 6.92 Å². The lowest BCUT2D eigenvalue weighted by Gasteiger charge is -2.45. The Labute approximate surface area is 189 Å². The number of carbonyl (C=O) groups is 2. The second kappa shape index (κ2) is 9.76. The highest BCUT2D eigenvalue weighted by atomic mass is 35.5. The molecule has 7 nitrogen and oxygen atoms in total. The Bertz CT molecular complexity index is 808. The molecular weight excluding hydrogens is 418 g/mol. The molecule has 1 heterocycles. The largest absolute Gasteiger partial charge is 0.478 e. The van der Waals surface area contributed by atoms with Gasteiger partial charge in [0.05, 0.1) is 12.1 Å². The third kappa shape index (κ3) is 5.70. The second-order valence-corrected chi connectivity index (χ2v) is 9.54. The summed E-state index contributed by atoms with van der Waals surface area (Å²) >= 11 is 6.07. The second-order valence-electron chi connectivity index (χ2n) is 9.13. The minimum Gasteiger partial charge on any atom is -0.478 e. The van der Waals surface area contributed by atoms with Crippen molar-refractivity contribution in [3.8, 4) is 5.75 Å². The summed E-state index contributed by atoms with van der Waals surface area (Å²) in [6.07, 6.45) is 1.89. The molecule has 2 aliphatic rings. The van der Waals surface area contributed by atoms with Crippen molar-refractivity contribution in [2.75, 3.05) is 26.2 Å². The van der Waals surface area contributed by atoms with Gasteiger partial charge in [-0.1, -0.05) is 11.6 Å². The van der Waals surface area contributed by atoms with Gasteiger partial charge in [0.15, 0.2) is 5.60 Å². The normalized spacial score (nSPS) is 25.2. The summed E-state index contributed by atoms with van der Waals surface area (Å²) in [5, 5.41) is 14.7. The van der Waals surface area contributed by atoms with Crippen LogP contribution in [-0.2, 0) is 9.59 Å². The summed E-state index contributed by atoms with van der Waals surface area (Å²) in [6.45, 7) is 9.76. The SMILES string of the molecule is CC(=O)N1CCN([C@@H]2CCC[C@@H](NC(=O)C(C)(C)Oc3ccc(Cl)c(C)c3)[C@H]2O)CC1. The average molecular weight is 452 g/mol. The van der Waals surface area contributed by atoms with Crippen LogP contribution >= 0.6 is 11.6 Å². The quantitative estimate of drug-likeness (QED) is 0.718. The lowest BCUT2D eigenvalue weighted by molar-refractivity contribution is -0.137. The van der Waals surface area contributed by atoms with Gasteiger partial charge >= 0.3 is 0 Å². The molecule has 2 amide bonds. The van der Waals surface area contributed by atoms with Crippen molar-refractivity contribution in [3.05, 3.63) is 28.8 Å². The molecule has 0 radical (unpaired) electrons. The Morgan fingerprint density at radius 2 is 1.87 bits per heavy atom. The van der Waals surface area contributed by atoms with E-state index >= 15 is 0 Å². The number of aliphatic hydroxyl groups excluding tert-OH is 1. The first-order valence-corrected chi connectivity index (χ1v) is 11.4. The van der Waals surface area contributed by atoms with E-state index in [1.165, 1.54) is 0 Å². The van der Waals surface area contributed by atoms with Crippen LogP contribution in [0.2, 0.25) is 5.02 Å². The van der Waals surface area contributed by atoms with Crippen LogP contribution < -0.4 is 10.1 Å². The molecule has 31 heavy (non-hydrogen) atoms. The molecule has 1 aliphatic carbocycles. The number of rotatable bonds is 5. The molecule has 1 saturated heterocycles. The fourth-order valence-corrected chi connectivity index (χ4v) is 4.56. The fourth-order valence-electron chi connectivity index (χ4n) is 4.44. The number of amides is 2. The van der Waals surface area contributed by atoms with Crippen molar-refractivity contribution in [1.82, 2.24) is 15.1 Å². The summed E-state index contributed by atoms with van der Waals surface area (Å²) in [4.78, 5) is 28.7. The summed E-state index contributed by atoms with van der Waals surface area (Å²) in [6, 6.07) is 4.96. The van der Waals surface area contributed by atoms with Crippen LogP contribution in [0.5, 0.6) is 5.75 Å².